The molecule has 1 N–H and O–H groups in total. The minimum Gasteiger partial charge on any atom is -0.490 e. The summed E-state index contributed by atoms with van der Waals surface area (Å²) in [6.07, 6.45) is 2.78. The second kappa shape index (κ2) is 6.58. The molecule has 142 valence electrons. The van der Waals surface area contributed by atoms with Gasteiger partial charge in [0, 0.05) is 16.9 Å². The maximum absolute atomic E-state index is 12.4. The average molecular weight is 362 g/mol. The first-order chi connectivity index (χ1) is 12.2. The highest BCUT2D eigenvalue weighted by atomic mass is 16.6. The van der Waals surface area contributed by atoms with Crippen molar-refractivity contribution < 1.29 is 28.9 Å². The highest BCUT2D eigenvalue weighted by Gasteiger charge is 2.61. The van der Waals surface area contributed by atoms with Crippen LogP contribution in [0.25, 0.3) is 0 Å². The molecule has 2 fully saturated rings. The number of hydrogen-bond acceptors (Lipinski definition) is 6. The Kier molecular flexibility index (Phi) is 4.73. The zero-order valence-corrected chi connectivity index (χ0v) is 15.7. The van der Waals surface area contributed by atoms with Gasteiger partial charge in [0.25, 0.3) is 0 Å². The van der Waals surface area contributed by atoms with Gasteiger partial charge in [-0.3, -0.25) is 0 Å². The van der Waals surface area contributed by atoms with Gasteiger partial charge < -0.3 is 19.3 Å². The summed E-state index contributed by atoms with van der Waals surface area (Å²) in [5, 5.41) is 10.7. The minimum absolute atomic E-state index is 0.102. The lowest BCUT2D eigenvalue weighted by atomic mass is 9.54. The number of aliphatic hydroxyl groups excluding tert-OH is 1. The minimum atomic E-state index is -0.613. The molecule has 3 rings (SSSR count). The first-order valence-corrected chi connectivity index (χ1v) is 8.90. The van der Waals surface area contributed by atoms with E-state index in [2.05, 4.69) is 6.58 Å². The number of rotatable bonds is 3. The monoisotopic (exact) mass is 362 g/mol. The Balaban J connectivity index is 1.99. The second-order valence-corrected chi connectivity index (χ2v) is 7.61. The standard InChI is InChI=1S/C20H26O6/c1-6-12(24-5)19(23)25-13-9-20(4)14(21)8-7-10(2)16(20)17-15(13)11(3)18(22)26-17/h6-7,13-17,21H,3,8-9H2,1-2,4-5H3. The lowest BCUT2D eigenvalue weighted by Crippen LogP contribution is -2.57. The molecule has 6 nitrogen and oxygen atoms in total. The highest BCUT2D eigenvalue weighted by Crippen LogP contribution is 2.56. The Morgan fingerprint density at radius 2 is 2.19 bits per heavy atom. The summed E-state index contributed by atoms with van der Waals surface area (Å²) in [6.45, 7) is 9.52. The highest BCUT2D eigenvalue weighted by molar-refractivity contribution is 5.91. The van der Waals surface area contributed by atoms with E-state index in [1.54, 1.807) is 6.92 Å². The van der Waals surface area contributed by atoms with Crippen molar-refractivity contribution >= 4 is 11.9 Å². The van der Waals surface area contributed by atoms with Crippen molar-refractivity contribution in [3.63, 3.8) is 0 Å². The molecule has 0 amide bonds. The molecule has 0 aromatic carbocycles. The van der Waals surface area contributed by atoms with Crippen LogP contribution in [-0.2, 0) is 23.8 Å². The Morgan fingerprint density at radius 1 is 1.50 bits per heavy atom. The molecule has 0 spiro atoms. The number of aliphatic hydroxyl groups is 1. The molecule has 26 heavy (non-hydrogen) atoms. The molecular weight excluding hydrogens is 336 g/mol. The molecular formula is C20H26O6. The zero-order chi connectivity index (χ0) is 19.2. The van der Waals surface area contributed by atoms with E-state index >= 15 is 0 Å². The molecule has 0 bridgehead atoms. The van der Waals surface area contributed by atoms with Crippen LogP contribution in [-0.4, -0.2) is 42.5 Å². The summed E-state index contributed by atoms with van der Waals surface area (Å²) in [5.74, 6) is -1.50. The Labute approximate surface area is 153 Å². The second-order valence-electron chi connectivity index (χ2n) is 7.61. The van der Waals surface area contributed by atoms with E-state index in [0.29, 0.717) is 18.4 Å². The quantitative estimate of drug-likeness (QED) is 0.359. The van der Waals surface area contributed by atoms with Crippen molar-refractivity contribution in [3.8, 4) is 0 Å². The molecule has 1 heterocycles. The van der Waals surface area contributed by atoms with Crippen molar-refractivity contribution in [2.24, 2.45) is 17.3 Å². The van der Waals surface area contributed by atoms with Gasteiger partial charge in [-0.1, -0.05) is 25.2 Å². The molecule has 6 atom stereocenters. The summed E-state index contributed by atoms with van der Waals surface area (Å²) in [5.41, 5.74) is 0.854. The molecule has 1 aliphatic heterocycles. The van der Waals surface area contributed by atoms with Crippen LogP contribution in [0.1, 0.15) is 33.6 Å². The van der Waals surface area contributed by atoms with E-state index in [4.69, 9.17) is 14.2 Å². The van der Waals surface area contributed by atoms with Gasteiger partial charge in [0.05, 0.1) is 19.1 Å². The van der Waals surface area contributed by atoms with Gasteiger partial charge in [-0.15, -0.1) is 0 Å². The summed E-state index contributed by atoms with van der Waals surface area (Å²) in [7, 11) is 1.40. The van der Waals surface area contributed by atoms with Crippen LogP contribution in [0.15, 0.2) is 35.6 Å². The molecule has 1 saturated carbocycles. The number of hydrogen-bond donors (Lipinski definition) is 1. The number of carbonyl (C=O) groups excluding carboxylic acids is 2. The van der Waals surface area contributed by atoms with E-state index in [-0.39, 0.29) is 11.7 Å². The fourth-order valence-electron chi connectivity index (χ4n) is 4.83. The Hall–Kier alpha value is -2.08. The lowest BCUT2D eigenvalue weighted by Gasteiger charge is -2.53. The first-order valence-electron chi connectivity index (χ1n) is 8.90. The van der Waals surface area contributed by atoms with Gasteiger partial charge in [-0.25, -0.2) is 9.59 Å². The van der Waals surface area contributed by atoms with E-state index < -0.39 is 41.6 Å². The number of ether oxygens (including phenoxy) is 3. The number of methoxy groups -OCH3 is 1. The van der Waals surface area contributed by atoms with Gasteiger partial charge in [-0.05, 0) is 32.8 Å². The third-order valence-corrected chi connectivity index (χ3v) is 6.20. The van der Waals surface area contributed by atoms with Crippen LogP contribution in [0.2, 0.25) is 0 Å². The molecule has 6 unspecified atom stereocenters. The lowest BCUT2D eigenvalue weighted by molar-refractivity contribution is -0.174. The van der Waals surface area contributed by atoms with Gasteiger partial charge >= 0.3 is 11.9 Å². The van der Waals surface area contributed by atoms with E-state index in [0.717, 1.165) is 5.57 Å². The molecule has 0 aromatic heterocycles. The third kappa shape index (κ3) is 2.67. The number of carbonyl (C=O) groups is 2. The average Bonchev–Trinajstić information content (AvgIpc) is 2.87. The smallest absolute Gasteiger partial charge is 0.373 e. The van der Waals surface area contributed by atoms with Gasteiger partial charge in [0.15, 0.2) is 5.76 Å². The maximum Gasteiger partial charge on any atom is 0.373 e. The summed E-state index contributed by atoms with van der Waals surface area (Å²) in [4.78, 5) is 24.6. The molecule has 0 radical (unpaired) electrons. The predicted molar refractivity (Wildman–Crippen MR) is 93.8 cm³/mol. The number of esters is 2. The van der Waals surface area contributed by atoms with Gasteiger partial charge in [-0.2, -0.15) is 0 Å². The zero-order valence-electron chi connectivity index (χ0n) is 15.7. The fraction of sp³-hybridized carbons (Fsp3) is 0.600. The van der Waals surface area contributed by atoms with Crippen molar-refractivity contribution in [3.05, 3.63) is 35.6 Å². The predicted octanol–water partition coefficient (Wildman–Crippen LogP) is 2.28. The fourth-order valence-corrected chi connectivity index (χ4v) is 4.83. The topological polar surface area (TPSA) is 82.1 Å². The Morgan fingerprint density at radius 3 is 2.81 bits per heavy atom. The van der Waals surface area contributed by atoms with Crippen LogP contribution < -0.4 is 0 Å². The van der Waals surface area contributed by atoms with Gasteiger partial charge in [0.1, 0.15) is 12.2 Å². The summed E-state index contributed by atoms with van der Waals surface area (Å²) in [6, 6.07) is 0. The van der Waals surface area contributed by atoms with Crippen LogP contribution >= 0.6 is 0 Å². The van der Waals surface area contributed by atoms with Crippen molar-refractivity contribution in [2.45, 2.75) is 51.9 Å². The van der Waals surface area contributed by atoms with Crippen molar-refractivity contribution in [1.29, 1.82) is 0 Å². The van der Waals surface area contributed by atoms with E-state index in [1.165, 1.54) is 13.2 Å². The Bertz CT molecular complexity index is 705. The third-order valence-electron chi connectivity index (χ3n) is 6.20. The van der Waals surface area contributed by atoms with Crippen molar-refractivity contribution in [1.82, 2.24) is 0 Å². The van der Waals surface area contributed by atoms with Crippen LogP contribution in [0.5, 0.6) is 0 Å². The van der Waals surface area contributed by atoms with Crippen LogP contribution in [0.4, 0.5) is 0 Å². The largest absolute Gasteiger partial charge is 0.490 e. The van der Waals surface area contributed by atoms with Crippen molar-refractivity contribution in [2.75, 3.05) is 7.11 Å². The first kappa shape index (κ1) is 18.7. The van der Waals surface area contributed by atoms with E-state index in [1.807, 2.05) is 19.9 Å². The molecule has 6 heteroatoms. The maximum atomic E-state index is 12.4. The van der Waals surface area contributed by atoms with Crippen LogP contribution in [0, 0.1) is 17.3 Å². The molecule has 2 aliphatic carbocycles. The molecule has 3 aliphatic rings. The SMILES string of the molecule is C=C1C(=O)OC2C1C(OC(=O)C(=CC)OC)CC1(C)C(O)CC=C(C)C21. The number of fused-ring (bicyclic) bond motifs is 3. The van der Waals surface area contributed by atoms with Crippen LogP contribution in [0.3, 0.4) is 0 Å². The van der Waals surface area contributed by atoms with Gasteiger partial charge in [0.2, 0.25) is 0 Å². The summed E-state index contributed by atoms with van der Waals surface area (Å²) >= 11 is 0. The summed E-state index contributed by atoms with van der Waals surface area (Å²) < 4.78 is 16.4. The normalized spacial score (nSPS) is 39.5. The molecule has 1 saturated heterocycles. The molecule has 0 aromatic rings. The van der Waals surface area contributed by atoms with E-state index in [9.17, 15) is 14.7 Å². The number of allylic oxidation sites excluding steroid dienone is 1.